The van der Waals surface area contributed by atoms with Crippen LogP contribution in [0.5, 0.6) is 5.75 Å². The molecule has 0 saturated carbocycles. The molecule has 0 aliphatic rings. The van der Waals surface area contributed by atoms with Crippen LogP contribution in [0.4, 0.5) is 22.0 Å². The van der Waals surface area contributed by atoms with Gasteiger partial charge >= 0.3 is 6.36 Å². The summed E-state index contributed by atoms with van der Waals surface area (Å²) in [5.74, 6) is -1.86. The van der Waals surface area contributed by atoms with Gasteiger partial charge in [-0.1, -0.05) is 24.3 Å². The molecule has 1 aromatic heterocycles. The van der Waals surface area contributed by atoms with Gasteiger partial charge in [-0.3, -0.25) is 4.79 Å². The topological polar surface area (TPSA) is 44.1 Å². The van der Waals surface area contributed by atoms with E-state index in [-0.39, 0.29) is 27.7 Å². The zero-order valence-electron chi connectivity index (χ0n) is 15.0. The largest absolute Gasteiger partial charge is 0.573 e. The van der Waals surface area contributed by atoms with E-state index in [9.17, 15) is 26.7 Å². The Kier molecular flexibility index (Phi) is 4.73. The molecule has 0 radical (unpaired) electrons. The summed E-state index contributed by atoms with van der Waals surface area (Å²) in [5, 5.41) is 4.04. The summed E-state index contributed by atoms with van der Waals surface area (Å²) in [5.41, 5.74) is -0.402. The van der Waals surface area contributed by atoms with E-state index in [1.807, 2.05) is 0 Å². The normalized spacial score (nSPS) is 11.6. The minimum atomic E-state index is -4.90. The number of aromatic nitrogens is 2. The van der Waals surface area contributed by atoms with E-state index in [0.717, 1.165) is 35.0 Å². The van der Waals surface area contributed by atoms with E-state index < -0.39 is 29.3 Å². The quantitative estimate of drug-likeness (QED) is 0.428. The molecule has 0 saturated heterocycles. The van der Waals surface area contributed by atoms with Crippen LogP contribution in [0, 0.1) is 11.6 Å². The van der Waals surface area contributed by atoms with Crippen molar-refractivity contribution in [1.82, 2.24) is 9.78 Å². The summed E-state index contributed by atoms with van der Waals surface area (Å²) in [6.45, 7) is 0. The van der Waals surface area contributed by atoms with Gasteiger partial charge in [-0.25, -0.2) is 8.78 Å². The molecule has 30 heavy (non-hydrogen) atoms. The molecule has 4 rings (SSSR count). The van der Waals surface area contributed by atoms with Crippen LogP contribution in [0.2, 0.25) is 0 Å². The number of benzene rings is 3. The van der Waals surface area contributed by atoms with Crippen LogP contribution >= 0.6 is 0 Å². The van der Waals surface area contributed by atoms with Crippen molar-refractivity contribution in [1.29, 1.82) is 0 Å². The zero-order chi connectivity index (χ0) is 21.5. The SMILES string of the molecule is O=c1c2c(F)cccc2c(-c2cccc(OC(F)(F)F)c2)nn1-c1ccc(F)cc1. The summed E-state index contributed by atoms with van der Waals surface area (Å²) < 4.78 is 70.4. The summed E-state index contributed by atoms with van der Waals surface area (Å²) in [7, 11) is 0. The Morgan fingerprint density at radius 2 is 1.60 bits per heavy atom. The maximum atomic E-state index is 14.5. The predicted molar refractivity (Wildman–Crippen MR) is 99.4 cm³/mol. The Morgan fingerprint density at radius 3 is 2.30 bits per heavy atom. The van der Waals surface area contributed by atoms with Gasteiger partial charge in [0.25, 0.3) is 5.56 Å². The predicted octanol–water partition coefficient (Wildman–Crippen LogP) is 5.23. The molecule has 4 nitrogen and oxygen atoms in total. The lowest BCUT2D eigenvalue weighted by molar-refractivity contribution is -0.274. The molecule has 3 aromatic carbocycles. The average molecular weight is 418 g/mol. The van der Waals surface area contributed by atoms with Crippen molar-refractivity contribution in [2.75, 3.05) is 0 Å². The molecule has 152 valence electrons. The Labute approximate surface area is 165 Å². The molecule has 0 aliphatic carbocycles. The third-order valence-electron chi connectivity index (χ3n) is 4.29. The zero-order valence-corrected chi connectivity index (χ0v) is 15.0. The molecule has 0 fully saturated rings. The van der Waals surface area contributed by atoms with Gasteiger partial charge in [0, 0.05) is 10.9 Å². The summed E-state index contributed by atoms with van der Waals surface area (Å²) in [6, 6.07) is 13.6. The van der Waals surface area contributed by atoms with Gasteiger partial charge in [-0.2, -0.15) is 9.78 Å². The lowest BCUT2D eigenvalue weighted by atomic mass is 10.0. The van der Waals surface area contributed by atoms with E-state index in [1.54, 1.807) is 0 Å². The minimum absolute atomic E-state index is 0.0565. The van der Waals surface area contributed by atoms with Crippen molar-refractivity contribution < 1.29 is 26.7 Å². The van der Waals surface area contributed by atoms with Gasteiger partial charge in [-0.15, -0.1) is 13.2 Å². The van der Waals surface area contributed by atoms with E-state index in [0.29, 0.717) is 0 Å². The second-order valence-corrected chi connectivity index (χ2v) is 6.28. The standard InChI is InChI=1S/C21H11F5N2O2/c22-13-7-9-14(10-8-13)28-20(29)18-16(5-2-6-17(18)23)19(27-28)12-3-1-4-15(11-12)30-21(24,25)26/h1-11H. The molecular formula is C21H11F5N2O2. The first-order valence-corrected chi connectivity index (χ1v) is 8.56. The fraction of sp³-hybridized carbons (Fsp3) is 0.0476. The van der Waals surface area contributed by atoms with Crippen LogP contribution in [-0.2, 0) is 0 Å². The second kappa shape index (κ2) is 7.25. The minimum Gasteiger partial charge on any atom is -0.406 e. The van der Waals surface area contributed by atoms with Crippen LogP contribution in [0.3, 0.4) is 0 Å². The molecule has 0 atom stereocenters. The fourth-order valence-electron chi connectivity index (χ4n) is 3.06. The number of nitrogens with zero attached hydrogens (tertiary/aromatic N) is 2. The number of hydrogen-bond acceptors (Lipinski definition) is 3. The van der Waals surface area contributed by atoms with Crippen molar-refractivity contribution in [3.05, 3.63) is 88.7 Å². The van der Waals surface area contributed by atoms with Crippen LogP contribution in [0.15, 0.2) is 71.5 Å². The third-order valence-corrected chi connectivity index (χ3v) is 4.29. The van der Waals surface area contributed by atoms with Crippen molar-refractivity contribution >= 4 is 10.8 Å². The first kappa shape index (κ1) is 19.6. The number of halogens is 5. The fourth-order valence-corrected chi connectivity index (χ4v) is 3.06. The van der Waals surface area contributed by atoms with E-state index in [1.165, 1.54) is 36.4 Å². The maximum absolute atomic E-state index is 14.5. The maximum Gasteiger partial charge on any atom is 0.573 e. The second-order valence-electron chi connectivity index (χ2n) is 6.28. The third kappa shape index (κ3) is 3.73. The first-order chi connectivity index (χ1) is 14.2. The Morgan fingerprint density at radius 1 is 0.900 bits per heavy atom. The molecule has 0 N–H and O–H groups in total. The highest BCUT2D eigenvalue weighted by molar-refractivity contribution is 5.94. The molecule has 0 bridgehead atoms. The Bertz CT molecular complexity index is 1300. The molecule has 0 amide bonds. The monoisotopic (exact) mass is 418 g/mol. The number of rotatable bonds is 3. The molecular weight excluding hydrogens is 407 g/mol. The van der Waals surface area contributed by atoms with Gasteiger partial charge in [0.1, 0.15) is 17.4 Å². The van der Waals surface area contributed by atoms with Crippen LogP contribution in [-0.4, -0.2) is 16.1 Å². The highest BCUT2D eigenvalue weighted by Crippen LogP contribution is 2.31. The van der Waals surface area contributed by atoms with Gasteiger partial charge < -0.3 is 4.74 Å². The lowest BCUT2D eigenvalue weighted by Crippen LogP contribution is -2.23. The molecule has 4 aromatic rings. The molecule has 1 heterocycles. The van der Waals surface area contributed by atoms with Crippen LogP contribution < -0.4 is 10.3 Å². The van der Waals surface area contributed by atoms with Gasteiger partial charge in [0.05, 0.1) is 16.8 Å². The molecule has 0 unspecified atom stereocenters. The van der Waals surface area contributed by atoms with Crippen molar-refractivity contribution in [3.8, 4) is 22.7 Å². The molecule has 9 heteroatoms. The summed E-state index contributed by atoms with van der Waals surface area (Å²) in [6.07, 6.45) is -4.90. The summed E-state index contributed by atoms with van der Waals surface area (Å²) >= 11 is 0. The van der Waals surface area contributed by atoms with Gasteiger partial charge in [0.15, 0.2) is 0 Å². The van der Waals surface area contributed by atoms with Gasteiger partial charge in [0.2, 0.25) is 0 Å². The number of hydrogen-bond donors (Lipinski definition) is 0. The highest BCUT2D eigenvalue weighted by atomic mass is 19.4. The Balaban J connectivity index is 2.00. The van der Waals surface area contributed by atoms with E-state index in [4.69, 9.17) is 0 Å². The Hall–Kier alpha value is -3.75. The van der Waals surface area contributed by atoms with Crippen LogP contribution in [0.25, 0.3) is 27.7 Å². The molecule has 0 aliphatic heterocycles. The van der Waals surface area contributed by atoms with Crippen molar-refractivity contribution in [2.45, 2.75) is 6.36 Å². The number of ether oxygens (including phenoxy) is 1. The van der Waals surface area contributed by atoms with Crippen LogP contribution in [0.1, 0.15) is 0 Å². The molecule has 0 spiro atoms. The number of alkyl halides is 3. The van der Waals surface area contributed by atoms with E-state index >= 15 is 0 Å². The van der Waals surface area contributed by atoms with E-state index in [2.05, 4.69) is 9.84 Å². The van der Waals surface area contributed by atoms with Crippen molar-refractivity contribution in [2.24, 2.45) is 0 Å². The lowest BCUT2D eigenvalue weighted by Gasteiger charge is -2.13. The number of fused-ring (bicyclic) bond motifs is 1. The smallest absolute Gasteiger partial charge is 0.406 e. The van der Waals surface area contributed by atoms with Gasteiger partial charge in [-0.05, 0) is 42.5 Å². The first-order valence-electron chi connectivity index (χ1n) is 8.56. The highest BCUT2D eigenvalue weighted by Gasteiger charge is 2.31. The average Bonchev–Trinajstić information content (AvgIpc) is 2.68. The summed E-state index contributed by atoms with van der Waals surface area (Å²) in [4.78, 5) is 12.9. The van der Waals surface area contributed by atoms with Crippen molar-refractivity contribution in [3.63, 3.8) is 0 Å².